The van der Waals surface area contributed by atoms with E-state index in [0.29, 0.717) is 6.07 Å². The highest BCUT2D eigenvalue weighted by Crippen LogP contribution is 2.25. The van der Waals surface area contributed by atoms with E-state index in [-0.39, 0.29) is 42.5 Å². The van der Waals surface area contributed by atoms with E-state index in [0.717, 1.165) is 6.07 Å². The second-order valence-electron chi connectivity index (χ2n) is 6.07. The van der Waals surface area contributed by atoms with Crippen LogP contribution in [0.1, 0.15) is 21.8 Å². The van der Waals surface area contributed by atoms with E-state index in [1.54, 1.807) is 0 Å². The number of aromatic nitrogens is 1. The molecule has 146 valence electrons. The van der Waals surface area contributed by atoms with E-state index in [2.05, 4.69) is 5.16 Å². The molecule has 1 aliphatic rings. The van der Waals surface area contributed by atoms with Crippen LogP contribution in [0.5, 0.6) is 0 Å². The maximum Gasteiger partial charge on any atom is 0.257 e. The Hall–Kier alpha value is -2.40. The summed E-state index contributed by atoms with van der Waals surface area (Å²) in [5.74, 6) is -5.35. The predicted molar refractivity (Wildman–Crippen MR) is 87.0 cm³/mol. The van der Waals surface area contributed by atoms with Crippen LogP contribution < -0.4 is 0 Å². The average molecular weight is 403 g/mol. The normalized spacial score (nSPS) is 16.0. The predicted octanol–water partition coefficient (Wildman–Crippen LogP) is 1.86. The maximum atomic E-state index is 13.8. The van der Waals surface area contributed by atoms with Crippen molar-refractivity contribution in [3.05, 3.63) is 46.6 Å². The lowest BCUT2D eigenvalue weighted by atomic mass is 10.1. The van der Waals surface area contributed by atoms with Gasteiger partial charge in [0.25, 0.3) is 5.91 Å². The van der Waals surface area contributed by atoms with Gasteiger partial charge in [-0.2, -0.15) is 4.31 Å². The van der Waals surface area contributed by atoms with Gasteiger partial charge in [-0.1, -0.05) is 5.16 Å². The summed E-state index contributed by atoms with van der Waals surface area (Å²) >= 11 is 0. The Morgan fingerprint density at radius 2 is 1.70 bits per heavy atom. The van der Waals surface area contributed by atoms with Gasteiger partial charge in [0.05, 0.1) is 5.56 Å². The minimum absolute atomic E-state index is 0.0195. The minimum atomic E-state index is -3.86. The van der Waals surface area contributed by atoms with Crippen LogP contribution in [0.2, 0.25) is 0 Å². The first-order chi connectivity index (χ1) is 12.6. The van der Waals surface area contributed by atoms with Gasteiger partial charge in [0.2, 0.25) is 10.0 Å². The Balaban J connectivity index is 1.76. The molecule has 11 heteroatoms. The topological polar surface area (TPSA) is 83.7 Å². The Kier molecular flexibility index (Phi) is 5.00. The standard InChI is InChI=1S/C16H16F3N3O4S/c1-9-15(10(2)26-20-9)27(24,25)22-7-5-21(6-8-22)16(23)11-3-4-12(17)14(19)13(11)18/h3-4H,5-8H2,1-2H3. The van der Waals surface area contributed by atoms with Crippen molar-refractivity contribution in [2.45, 2.75) is 18.7 Å². The summed E-state index contributed by atoms with van der Waals surface area (Å²) in [6.07, 6.45) is 0. The smallest absolute Gasteiger partial charge is 0.257 e. The van der Waals surface area contributed by atoms with Gasteiger partial charge in [0.1, 0.15) is 10.6 Å². The number of rotatable bonds is 3. The third kappa shape index (κ3) is 3.32. The van der Waals surface area contributed by atoms with Crippen LogP contribution in [0.4, 0.5) is 13.2 Å². The van der Waals surface area contributed by atoms with Gasteiger partial charge in [-0.3, -0.25) is 4.79 Å². The SMILES string of the molecule is Cc1noc(C)c1S(=O)(=O)N1CCN(C(=O)c2ccc(F)c(F)c2F)CC1. The molecule has 1 amide bonds. The summed E-state index contributed by atoms with van der Waals surface area (Å²) in [4.78, 5) is 13.6. The molecule has 0 aliphatic carbocycles. The van der Waals surface area contributed by atoms with Gasteiger partial charge in [0.15, 0.2) is 23.2 Å². The number of halogens is 3. The summed E-state index contributed by atoms with van der Waals surface area (Å²) in [5.41, 5.74) is -0.370. The second kappa shape index (κ2) is 6.97. The van der Waals surface area contributed by atoms with Crippen LogP contribution in [0.25, 0.3) is 0 Å². The first-order valence-electron chi connectivity index (χ1n) is 8.00. The van der Waals surface area contributed by atoms with Gasteiger partial charge in [-0.15, -0.1) is 0 Å². The number of aryl methyl sites for hydroxylation is 2. The molecule has 1 saturated heterocycles. The molecule has 1 aromatic heterocycles. The highest BCUT2D eigenvalue weighted by molar-refractivity contribution is 7.89. The number of carbonyl (C=O) groups excluding carboxylic acids is 1. The van der Waals surface area contributed by atoms with Gasteiger partial charge in [0, 0.05) is 26.2 Å². The third-order valence-electron chi connectivity index (χ3n) is 4.36. The number of benzene rings is 1. The highest BCUT2D eigenvalue weighted by atomic mass is 32.2. The average Bonchev–Trinajstić information content (AvgIpc) is 2.98. The fourth-order valence-electron chi connectivity index (χ4n) is 2.96. The van der Waals surface area contributed by atoms with Crippen molar-refractivity contribution in [2.75, 3.05) is 26.2 Å². The molecule has 27 heavy (non-hydrogen) atoms. The molecule has 0 atom stereocenters. The summed E-state index contributed by atoms with van der Waals surface area (Å²) in [6.45, 7) is 2.86. The zero-order valence-corrected chi connectivity index (χ0v) is 15.3. The second-order valence-corrected chi connectivity index (χ2v) is 7.95. The lowest BCUT2D eigenvalue weighted by Gasteiger charge is -2.34. The number of hydrogen-bond acceptors (Lipinski definition) is 5. The Morgan fingerprint density at radius 1 is 1.07 bits per heavy atom. The number of piperazine rings is 1. The summed E-state index contributed by atoms with van der Waals surface area (Å²) < 4.78 is 71.7. The van der Waals surface area contributed by atoms with Crippen LogP contribution in [0.3, 0.4) is 0 Å². The molecule has 0 radical (unpaired) electrons. The molecular formula is C16H16F3N3O4S. The molecule has 1 aromatic carbocycles. The monoisotopic (exact) mass is 403 g/mol. The molecule has 0 unspecified atom stereocenters. The fraction of sp³-hybridized carbons (Fsp3) is 0.375. The zero-order valence-electron chi connectivity index (χ0n) is 14.5. The van der Waals surface area contributed by atoms with Crippen molar-refractivity contribution in [1.29, 1.82) is 0 Å². The summed E-state index contributed by atoms with van der Waals surface area (Å²) in [5, 5.41) is 3.63. The lowest BCUT2D eigenvalue weighted by Crippen LogP contribution is -2.50. The number of sulfonamides is 1. The molecule has 3 rings (SSSR count). The molecule has 0 spiro atoms. The molecule has 2 aromatic rings. The number of amides is 1. The zero-order chi connectivity index (χ0) is 19.9. The quantitative estimate of drug-likeness (QED) is 0.731. The first-order valence-corrected chi connectivity index (χ1v) is 9.44. The summed E-state index contributed by atoms with van der Waals surface area (Å²) in [7, 11) is -3.86. The lowest BCUT2D eigenvalue weighted by molar-refractivity contribution is 0.0691. The van der Waals surface area contributed by atoms with Crippen molar-refractivity contribution in [1.82, 2.24) is 14.4 Å². The molecular weight excluding hydrogens is 387 g/mol. The highest BCUT2D eigenvalue weighted by Gasteiger charge is 2.35. The van der Waals surface area contributed by atoms with E-state index in [1.807, 2.05) is 0 Å². The molecule has 7 nitrogen and oxygen atoms in total. The Morgan fingerprint density at radius 3 is 2.26 bits per heavy atom. The van der Waals surface area contributed by atoms with Gasteiger partial charge in [-0.25, -0.2) is 21.6 Å². The molecule has 0 saturated carbocycles. The Labute approximate surface area is 153 Å². The third-order valence-corrected chi connectivity index (χ3v) is 6.50. The molecule has 1 aliphatic heterocycles. The van der Waals surface area contributed by atoms with E-state index in [4.69, 9.17) is 4.52 Å². The van der Waals surface area contributed by atoms with Gasteiger partial charge < -0.3 is 9.42 Å². The molecule has 0 N–H and O–H groups in total. The van der Waals surface area contributed by atoms with Crippen LogP contribution in [0.15, 0.2) is 21.6 Å². The fourth-order valence-corrected chi connectivity index (χ4v) is 4.68. The van der Waals surface area contributed by atoms with E-state index in [1.165, 1.54) is 23.1 Å². The Bertz CT molecular complexity index is 979. The van der Waals surface area contributed by atoms with Crippen LogP contribution in [-0.2, 0) is 10.0 Å². The summed E-state index contributed by atoms with van der Waals surface area (Å²) in [6, 6.07) is 1.53. The first kappa shape index (κ1) is 19.4. The van der Waals surface area contributed by atoms with Crippen molar-refractivity contribution in [3.63, 3.8) is 0 Å². The van der Waals surface area contributed by atoms with Crippen LogP contribution in [-0.4, -0.2) is 54.9 Å². The maximum absolute atomic E-state index is 13.8. The van der Waals surface area contributed by atoms with Crippen molar-refractivity contribution < 1.29 is 30.9 Å². The van der Waals surface area contributed by atoms with Gasteiger partial charge >= 0.3 is 0 Å². The number of nitrogens with zero attached hydrogens (tertiary/aromatic N) is 3. The molecule has 2 heterocycles. The van der Waals surface area contributed by atoms with E-state index in [9.17, 15) is 26.4 Å². The van der Waals surface area contributed by atoms with Crippen LogP contribution in [0, 0.1) is 31.3 Å². The van der Waals surface area contributed by atoms with E-state index >= 15 is 0 Å². The van der Waals surface area contributed by atoms with Crippen molar-refractivity contribution in [2.24, 2.45) is 0 Å². The van der Waals surface area contributed by atoms with Gasteiger partial charge in [-0.05, 0) is 26.0 Å². The van der Waals surface area contributed by atoms with Crippen molar-refractivity contribution >= 4 is 15.9 Å². The molecule has 0 bridgehead atoms. The number of hydrogen-bond donors (Lipinski definition) is 0. The number of carbonyl (C=O) groups is 1. The minimum Gasteiger partial charge on any atom is -0.360 e. The van der Waals surface area contributed by atoms with Crippen molar-refractivity contribution in [3.8, 4) is 0 Å². The van der Waals surface area contributed by atoms with E-state index < -0.39 is 38.9 Å². The van der Waals surface area contributed by atoms with Crippen LogP contribution >= 0.6 is 0 Å². The largest absolute Gasteiger partial charge is 0.360 e. The molecule has 1 fully saturated rings.